The maximum absolute atomic E-state index is 12.8. The molecule has 2 aliphatic rings. The van der Waals surface area contributed by atoms with Crippen LogP contribution in [-0.2, 0) is 11.2 Å². The van der Waals surface area contributed by atoms with Crippen molar-refractivity contribution in [2.24, 2.45) is 0 Å². The molecule has 0 radical (unpaired) electrons. The number of nitrogens with one attached hydrogen (secondary N) is 1. The van der Waals surface area contributed by atoms with E-state index in [-0.39, 0.29) is 17.9 Å². The molecule has 2 amide bonds. The van der Waals surface area contributed by atoms with E-state index in [4.69, 9.17) is 0 Å². The van der Waals surface area contributed by atoms with Gasteiger partial charge in [0, 0.05) is 24.2 Å². The molecule has 0 unspecified atom stereocenters. The van der Waals surface area contributed by atoms with Crippen LogP contribution in [0.2, 0.25) is 0 Å². The third-order valence-electron chi connectivity index (χ3n) is 5.17. The lowest BCUT2D eigenvalue weighted by molar-refractivity contribution is -0.117. The van der Waals surface area contributed by atoms with E-state index in [1.807, 2.05) is 30.3 Å². The number of hydrogen-bond donors (Lipinski definition) is 1. The fourth-order valence-electron chi connectivity index (χ4n) is 3.88. The molecule has 2 aromatic rings. The van der Waals surface area contributed by atoms with Gasteiger partial charge in [0.15, 0.2) is 0 Å². The van der Waals surface area contributed by atoms with E-state index in [1.165, 1.54) is 11.1 Å². The highest BCUT2D eigenvalue weighted by atomic mass is 16.2. The van der Waals surface area contributed by atoms with Crippen LogP contribution in [0.15, 0.2) is 48.5 Å². The summed E-state index contributed by atoms with van der Waals surface area (Å²) in [4.78, 5) is 26.5. The molecule has 4 rings (SSSR count). The lowest BCUT2D eigenvalue weighted by Gasteiger charge is -2.26. The number of amides is 2. The predicted octanol–water partition coefficient (Wildman–Crippen LogP) is 3.62. The van der Waals surface area contributed by atoms with Gasteiger partial charge in [-0.3, -0.25) is 9.59 Å². The second-order valence-corrected chi connectivity index (χ2v) is 6.82. The maximum atomic E-state index is 12.8. The Kier molecular flexibility index (Phi) is 4.26. The van der Waals surface area contributed by atoms with Crippen molar-refractivity contribution in [1.29, 1.82) is 0 Å². The topological polar surface area (TPSA) is 49.4 Å². The smallest absolute Gasteiger partial charge is 0.251 e. The molecule has 1 aliphatic carbocycles. The van der Waals surface area contributed by atoms with Gasteiger partial charge in [0.1, 0.15) is 0 Å². The van der Waals surface area contributed by atoms with Crippen LogP contribution in [0.4, 0.5) is 5.69 Å². The zero-order valence-electron chi connectivity index (χ0n) is 14.2. The molecule has 1 fully saturated rings. The summed E-state index contributed by atoms with van der Waals surface area (Å²) < 4.78 is 0. The first-order chi connectivity index (χ1) is 12.2. The first kappa shape index (κ1) is 15.9. The Morgan fingerprint density at radius 2 is 1.92 bits per heavy atom. The third kappa shape index (κ3) is 3.16. The molecule has 1 heterocycles. The van der Waals surface area contributed by atoms with Gasteiger partial charge in [0.05, 0.1) is 6.04 Å². The second kappa shape index (κ2) is 6.71. The highest BCUT2D eigenvalue weighted by Gasteiger charge is 2.24. The van der Waals surface area contributed by atoms with Crippen LogP contribution in [-0.4, -0.2) is 18.4 Å². The normalized spacial score (nSPS) is 19.6. The minimum absolute atomic E-state index is 0.0644. The minimum atomic E-state index is -0.0739. The Labute approximate surface area is 147 Å². The molecule has 1 atom stereocenters. The Morgan fingerprint density at radius 1 is 1.04 bits per heavy atom. The monoisotopic (exact) mass is 334 g/mol. The third-order valence-corrected chi connectivity index (χ3v) is 5.17. The Hall–Kier alpha value is -2.62. The van der Waals surface area contributed by atoms with Gasteiger partial charge in [-0.05, 0) is 55.0 Å². The Morgan fingerprint density at radius 3 is 2.76 bits per heavy atom. The van der Waals surface area contributed by atoms with E-state index in [0.29, 0.717) is 12.0 Å². The molecular weight excluding hydrogens is 312 g/mol. The second-order valence-electron chi connectivity index (χ2n) is 6.82. The molecule has 1 N–H and O–H groups in total. The summed E-state index contributed by atoms with van der Waals surface area (Å²) in [6, 6.07) is 15.8. The molecular formula is C21H22N2O2. The predicted molar refractivity (Wildman–Crippen MR) is 97.6 cm³/mol. The summed E-state index contributed by atoms with van der Waals surface area (Å²) in [6.45, 7) is 0.736. The van der Waals surface area contributed by atoms with E-state index < -0.39 is 0 Å². The largest absolute Gasteiger partial charge is 0.345 e. The molecule has 2 aromatic carbocycles. The number of rotatable bonds is 3. The molecule has 4 nitrogen and oxygen atoms in total. The number of nitrogens with zero attached hydrogens (tertiary/aromatic N) is 1. The van der Waals surface area contributed by atoms with Crippen LogP contribution >= 0.6 is 0 Å². The number of carbonyl (C=O) groups excluding carboxylic acids is 2. The number of fused-ring (bicyclic) bond motifs is 1. The standard InChI is InChI=1S/C21H22N2O2/c24-20-12-5-13-23(20)17-9-3-8-16(14-17)21(25)22-19-11-4-7-15-6-1-2-10-18(15)19/h1-3,6,8-10,14,19H,4-5,7,11-13H2,(H,22,25)/t19-/m0/s1. The zero-order chi connectivity index (χ0) is 17.2. The molecule has 0 spiro atoms. The van der Waals surface area contributed by atoms with Gasteiger partial charge in [-0.15, -0.1) is 0 Å². The van der Waals surface area contributed by atoms with Crippen LogP contribution in [0.25, 0.3) is 0 Å². The summed E-state index contributed by atoms with van der Waals surface area (Å²) in [6.07, 6.45) is 4.61. The number of hydrogen-bond acceptors (Lipinski definition) is 2. The number of aryl methyl sites for hydroxylation is 1. The van der Waals surface area contributed by atoms with Crippen molar-refractivity contribution in [3.05, 3.63) is 65.2 Å². The van der Waals surface area contributed by atoms with Gasteiger partial charge in [-0.1, -0.05) is 30.3 Å². The quantitative estimate of drug-likeness (QED) is 0.932. The minimum Gasteiger partial charge on any atom is -0.345 e. The highest BCUT2D eigenvalue weighted by molar-refractivity contribution is 5.99. The Bertz CT molecular complexity index is 815. The van der Waals surface area contributed by atoms with E-state index in [9.17, 15) is 9.59 Å². The van der Waals surface area contributed by atoms with Gasteiger partial charge < -0.3 is 10.2 Å². The van der Waals surface area contributed by atoms with Gasteiger partial charge >= 0.3 is 0 Å². The fourth-order valence-corrected chi connectivity index (χ4v) is 3.88. The molecule has 0 bridgehead atoms. The van der Waals surface area contributed by atoms with E-state index in [0.717, 1.165) is 37.9 Å². The molecule has 1 aliphatic heterocycles. The van der Waals surface area contributed by atoms with E-state index >= 15 is 0 Å². The van der Waals surface area contributed by atoms with E-state index in [1.54, 1.807) is 4.90 Å². The van der Waals surface area contributed by atoms with Gasteiger partial charge in [0.25, 0.3) is 5.91 Å². The average molecular weight is 334 g/mol. The SMILES string of the molecule is O=C(N[C@H]1CCCc2ccccc21)c1cccc(N2CCCC2=O)c1. The van der Waals surface area contributed by atoms with Crippen molar-refractivity contribution >= 4 is 17.5 Å². The number of benzene rings is 2. The molecule has 0 aromatic heterocycles. The van der Waals surface area contributed by atoms with Gasteiger partial charge in [-0.25, -0.2) is 0 Å². The van der Waals surface area contributed by atoms with Crippen molar-refractivity contribution in [2.75, 3.05) is 11.4 Å². The van der Waals surface area contributed by atoms with Crippen LogP contribution in [0, 0.1) is 0 Å². The number of carbonyl (C=O) groups is 2. The van der Waals surface area contributed by atoms with Crippen LogP contribution < -0.4 is 10.2 Å². The average Bonchev–Trinajstić information content (AvgIpc) is 3.08. The fraction of sp³-hybridized carbons (Fsp3) is 0.333. The molecule has 0 saturated carbocycles. The summed E-state index contributed by atoms with van der Waals surface area (Å²) in [5, 5.41) is 3.18. The lowest BCUT2D eigenvalue weighted by Crippen LogP contribution is -2.31. The summed E-state index contributed by atoms with van der Waals surface area (Å²) in [7, 11) is 0. The summed E-state index contributed by atoms with van der Waals surface area (Å²) in [5.41, 5.74) is 3.99. The zero-order valence-corrected chi connectivity index (χ0v) is 14.2. The van der Waals surface area contributed by atoms with Crippen LogP contribution in [0.5, 0.6) is 0 Å². The highest BCUT2D eigenvalue weighted by Crippen LogP contribution is 2.30. The van der Waals surface area contributed by atoms with Gasteiger partial charge in [0.2, 0.25) is 5.91 Å². The first-order valence-electron chi connectivity index (χ1n) is 9.01. The summed E-state index contributed by atoms with van der Waals surface area (Å²) in [5.74, 6) is 0.0639. The molecule has 25 heavy (non-hydrogen) atoms. The van der Waals surface area contributed by atoms with Crippen molar-refractivity contribution < 1.29 is 9.59 Å². The van der Waals surface area contributed by atoms with Gasteiger partial charge in [-0.2, -0.15) is 0 Å². The van der Waals surface area contributed by atoms with Crippen molar-refractivity contribution in [1.82, 2.24) is 5.32 Å². The Balaban J connectivity index is 1.53. The molecule has 4 heteroatoms. The number of anilines is 1. The van der Waals surface area contributed by atoms with Crippen LogP contribution in [0.3, 0.4) is 0 Å². The van der Waals surface area contributed by atoms with Crippen molar-refractivity contribution in [3.63, 3.8) is 0 Å². The van der Waals surface area contributed by atoms with Crippen molar-refractivity contribution in [3.8, 4) is 0 Å². The maximum Gasteiger partial charge on any atom is 0.251 e. The molecule has 1 saturated heterocycles. The summed E-state index contributed by atoms with van der Waals surface area (Å²) >= 11 is 0. The van der Waals surface area contributed by atoms with E-state index in [2.05, 4.69) is 23.5 Å². The lowest BCUT2D eigenvalue weighted by atomic mass is 9.87. The van der Waals surface area contributed by atoms with Crippen molar-refractivity contribution in [2.45, 2.75) is 38.1 Å². The van der Waals surface area contributed by atoms with Crippen LogP contribution in [0.1, 0.15) is 53.2 Å². The molecule has 128 valence electrons. The first-order valence-corrected chi connectivity index (χ1v) is 9.01.